The second-order valence-corrected chi connectivity index (χ2v) is 13.1. The fourth-order valence-corrected chi connectivity index (χ4v) is 5.75. The molecule has 0 rings (SSSR count). The predicted molar refractivity (Wildman–Crippen MR) is 190 cm³/mol. The Labute approximate surface area is 282 Å². The maximum atomic E-state index is 12.2. The van der Waals surface area contributed by atoms with Crippen molar-refractivity contribution in [3.05, 3.63) is 0 Å². The van der Waals surface area contributed by atoms with Crippen molar-refractivity contribution in [1.29, 1.82) is 0 Å². The zero-order valence-electron chi connectivity index (χ0n) is 29.9. The lowest BCUT2D eigenvalue weighted by atomic mass is 10.1. The number of hydrogen-bond donors (Lipinski definition) is 5. The number of guanidine groups is 1. The van der Waals surface area contributed by atoms with Gasteiger partial charge in [-0.05, 0) is 25.7 Å². The summed E-state index contributed by atoms with van der Waals surface area (Å²) in [5, 5.41) is 31.5. The van der Waals surface area contributed by atoms with Gasteiger partial charge in [0.25, 0.3) is 0 Å². The monoisotopic (exact) mass is 659 g/mol. The van der Waals surface area contributed by atoms with Crippen LogP contribution in [0.5, 0.6) is 0 Å². The van der Waals surface area contributed by atoms with Gasteiger partial charge in [0.15, 0.2) is 5.96 Å². The molecule has 0 fully saturated rings. The number of hydrogen-bond acceptors (Lipinski definition) is 7. The summed E-state index contributed by atoms with van der Waals surface area (Å²) in [6.45, 7) is 6.34. The molecule has 46 heavy (non-hydrogen) atoms. The lowest BCUT2D eigenvalue weighted by Crippen LogP contribution is -2.49. The van der Waals surface area contributed by atoms with Crippen molar-refractivity contribution in [2.45, 2.75) is 173 Å². The van der Waals surface area contributed by atoms with Crippen LogP contribution >= 0.6 is 0 Å². The van der Waals surface area contributed by atoms with Gasteiger partial charge in [0.1, 0.15) is 6.04 Å². The van der Waals surface area contributed by atoms with Crippen LogP contribution < -0.4 is 11.5 Å². The molecule has 7 N–H and O–H groups in total. The first-order chi connectivity index (χ1) is 22.3. The Morgan fingerprint density at radius 1 is 0.630 bits per heavy atom. The van der Waals surface area contributed by atoms with Crippen LogP contribution in [0, 0.1) is 0 Å². The van der Waals surface area contributed by atoms with Gasteiger partial charge in [0.05, 0.1) is 25.4 Å². The number of nitrogens with two attached hydrogens (primary N) is 2. The van der Waals surface area contributed by atoms with Crippen molar-refractivity contribution in [3.8, 4) is 0 Å². The molecule has 0 aliphatic carbocycles. The Hall–Kier alpha value is -1.46. The van der Waals surface area contributed by atoms with E-state index in [1.54, 1.807) is 4.90 Å². The van der Waals surface area contributed by atoms with Crippen LogP contribution in [0.4, 0.5) is 0 Å². The molecule has 0 bridgehead atoms. The molecule has 10 nitrogen and oxygen atoms in total. The Kier molecular flexibility index (Phi) is 32.4. The average molecular weight is 659 g/mol. The predicted octanol–water partition coefficient (Wildman–Crippen LogP) is 6.39. The highest BCUT2D eigenvalue weighted by molar-refractivity contribution is 5.75. The summed E-state index contributed by atoms with van der Waals surface area (Å²) in [5.74, 6) is -1.05. The third-order valence-electron chi connectivity index (χ3n) is 8.45. The molecule has 0 saturated carbocycles. The molecule has 274 valence electrons. The number of carboxylic acid groups (broad SMARTS) is 1. The summed E-state index contributed by atoms with van der Waals surface area (Å²) in [5.41, 5.74) is 10.8. The van der Waals surface area contributed by atoms with Gasteiger partial charge in [-0.3, -0.25) is 14.7 Å². The lowest BCUT2D eigenvalue weighted by molar-refractivity contribution is -0.145. The summed E-state index contributed by atoms with van der Waals surface area (Å²) < 4.78 is 11.5. The lowest BCUT2D eigenvalue weighted by Gasteiger charge is -2.32. The van der Waals surface area contributed by atoms with Crippen LogP contribution in [0.15, 0.2) is 4.99 Å². The first-order valence-corrected chi connectivity index (χ1v) is 18.9. The fourth-order valence-electron chi connectivity index (χ4n) is 5.75. The van der Waals surface area contributed by atoms with Crippen molar-refractivity contribution < 1.29 is 29.6 Å². The van der Waals surface area contributed by atoms with Gasteiger partial charge in [-0.15, -0.1) is 0 Å². The zero-order chi connectivity index (χ0) is 34.1. The van der Waals surface area contributed by atoms with E-state index in [0.717, 1.165) is 25.7 Å². The first-order valence-electron chi connectivity index (χ1n) is 18.9. The number of ether oxygens (including phenoxy) is 2. The quantitative estimate of drug-likeness (QED) is 0.0291. The summed E-state index contributed by atoms with van der Waals surface area (Å²) in [4.78, 5) is 17.8. The minimum atomic E-state index is -1.01. The number of carboxylic acids is 1. The highest BCUT2D eigenvalue weighted by atomic mass is 16.5. The van der Waals surface area contributed by atoms with Crippen molar-refractivity contribution >= 4 is 11.9 Å². The van der Waals surface area contributed by atoms with Gasteiger partial charge in [-0.25, -0.2) is 0 Å². The van der Waals surface area contributed by atoms with Gasteiger partial charge in [0.2, 0.25) is 0 Å². The van der Waals surface area contributed by atoms with Gasteiger partial charge in [-0.2, -0.15) is 0 Å². The second-order valence-electron chi connectivity index (χ2n) is 13.1. The van der Waals surface area contributed by atoms with Crippen LogP contribution in [-0.4, -0.2) is 96.5 Å². The normalized spacial score (nSPS) is 13.6. The number of nitrogens with zero attached hydrogens (tertiary/aromatic N) is 2. The smallest absolute Gasteiger partial charge is 0.320 e. The van der Waals surface area contributed by atoms with Crippen LogP contribution in [0.1, 0.15) is 155 Å². The van der Waals surface area contributed by atoms with Crippen LogP contribution in [0.3, 0.4) is 0 Å². The molecule has 3 atom stereocenters. The molecule has 0 heterocycles. The van der Waals surface area contributed by atoms with E-state index < -0.39 is 24.2 Å². The fraction of sp³-hybridized carbons (Fsp3) is 0.944. The molecule has 0 amide bonds. The van der Waals surface area contributed by atoms with Crippen molar-refractivity contribution in [2.24, 2.45) is 16.5 Å². The van der Waals surface area contributed by atoms with E-state index in [-0.39, 0.29) is 38.7 Å². The molecule has 0 aliphatic heterocycles. The van der Waals surface area contributed by atoms with Gasteiger partial charge in [-0.1, -0.05) is 129 Å². The second kappa shape index (κ2) is 33.4. The highest BCUT2D eigenvalue weighted by Gasteiger charge is 2.29. The summed E-state index contributed by atoms with van der Waals surface area (Å²) in [7, 11) is 0. The molecule has 0 spiro atoms. The third-order valence-corrected chi connectivity index (χ3v) is 8.45. The number of rotatable bonds is 36. The van der Waals surface area contributed by atoms with Crippen molar-refractivity contribution in [3.63, 3.8) is 0 Å². The summed E-state index contributed by atoms with van der Waals surface area (Å²) in [6.07, 6.45) is 23.9. The van der Waals surface area contributed by atoms with E-state index in [1.807, 2.05) is 0 Å². The summed E-state index contributed by atoms with van der Waals surface area (Å²) in [6, 6.07) is -0.901. The van der Waals surface area contributed by atoms with Crippen LogP contribution in [0.2, 0.25) is 0 Å². The number of aliphatic hydroxyl groups is 2. The van der Waals surface area contributed by atoms with E-state index >= 15 is 0 Å². The average Bonchev–Trinajstić information content (AvgIpc) is 3.01. The number of unbranched alkanes of at least 4 members (excludes halogenated alkanes) is 18. The maximum absolute atomic E-state index is 12.2. The molecule has 10 heteroatoms. The van der Waals surface area contributed by atoms with E-state index in [4.69, 9.17) is 20.9 Å². The van der Waals surface area contributed by atoms with Gasteiger partial charge < -0.3 is 36.3 Å². The van der Waals surface area contributed by atoms with E-state index in [9.17, 15) is 20.1 Å². The van der Waals surface area contributed by atoms with E-state index in [0.29, 0.717) is 26.2 Å². The summed E-state index contributed by atoms with van der Waals surface area (Å²) >= 11 is 0. The minimum absolute atomic E-state index is 0.0336. The molecule has 0 aliphatic rings. The van der Waals surface area contributed by atoms with Crippen molar-refractivity contribution in [1.82, 2.24) is 4.90 Å². The molecular weight excluding hydrogens is 584 g/mol. The molecule has 0 saturated heterocycles. The number of carbonyl (C=O) groups is 1. The Morgan fingerprint density at radius 2 is 1.00 bits per heavy atom. The molecule has 0 aromatic heterocycles. The largest absolute Gasteiger partial charge is 0.480 e. The Morgan fingerprint density at radius 3 is 1.35 bits per heavy atom. The molecule has 0 aromatic carbocycles. The van der Waals surface area contributed by atoms with Gasteiger partial charge in [0, 0.05) is 32.8 Å². The van der Waals surface area contributed by atoms with Gasteiger partial charge >= 0.3 is 5.97 Å². The van der Waals surface area contributed by atoms with Crippen molar-refractivity contribution in [2.75, 3.05) is 46.1 Å². The molecular formula is C36H74N4O6. The van der Waals surface area contributed by atoms with E-state index in [2.05, 4.69) is 18.8 Å². The Balaban J connectivity index is 4.50. The maximum Gasteiger partial charge on any atom is 0.320 e. The SMILES string of the molecule is CCCCCCCCCCCCOCC(O)CN(CC(O)COCCCCCCCCCCCC)[C@@H](CCCN=C(N)N)C(=O)O. The highest BCUT2D eigenvalue weighted by Crippen LogP contribution is 2.14. The topological polar surface area (TPSA) is 164 Å². The number of aliphatic carboxylic acids is 1. The standard InChI is InChI=1S/C36H74N4O6/c1-3-5-7-9-11-13-15-17-19-21-26-45-30-32(41)28-40(34(35(43)44)24-23-25-39-36(37)38)29-33(42)31-46-27-22-20-18-16-14-12-10-8-6-4-2/h32-34,41-42H,3-31H2,1-2H3,(H,43,44)(H4,37,38,39)/t32?,33?,34-/m0/s1. The Bertz CT molecular complexity index is 659. The van der Waals surface area contributed by atoms with Crippen LogP contribution in [-0.2, 0) is 14.3 Å². The first kappa shape index (κ1) is 44.5. The van der Waals surface area contributed by atoms with E-state index in [1.165, 1.54) is 103 Å². The third kappa shape index (κ3) is 29.9. The van der Waals surface area contributed by atoms with Crippen LogP contribution in [0.25, 0.3) is 0 Å². The minimum Gasteiger partial charge on any atom is -0.480 e. The number of aliphatic imine (C=N–C) groups is 1. The molecule has 2 unspecified atom stereocenters. The molecule has 0 radical (unpaired) electrons. The molecule has 0 aromatic rings. The zero-order valence-corrected chi connectivity index (χ0v) is 29.9. The number of aliphatic hydroxyl groups excluding tert-OH is 2.